The molecular weight excluding hydrogens is 332 g/mol. The zero-order valence-corrected chi connectivity index (χ0v) is 15.1. The summed E-state index contributed by atoms with van der Waals surface area (Å²) in [6, 6.07) is 12.6. The molecule has 0 bridgehead atoms. The molecular formula is C20H22N2O2S. The molecule has 1 aromatic carbocycles. The lowest BCUT2D eigenvalue weighted by Gasteiger charge is -2.07. The maximum absolute atomic E-state index is 11.6. The van der Waals surface area contributed by atoms with E-state index in [0.717, 1.165) is 48.7 Å². The second-order valence-electron chi connectivity index (χ2n) is 6.27. The maximum atomic E-state index is 11.6. The fraction of sp³-hybridized carbons (Fsp3) is 0.350. The Kier molecular flexibility index (Phi) is 5.87. The number of aromatic nitrogens is 1. The van der Waals surface area contributed by atoms with Gasteiger partial charge in [-0.15, -0.1) is 0 Å². The minimum absolute atomic E-state index is 0.180. The lowest BCUT2D eigenvalue weighted by atomic mass is 10.0. The molecule has 5 heteroatoms. The first-order valence-electron chi connectivity index (χ1n) is 8.67. The number of benzene rings is 1. The third kappa shape index (κ3) is 4.92. The predicted octanol–water partition coefficient (Wildman–Crippen LogP) is 3.71. The molecule has 3 rings (SSSR count). The molecule has 2 heterocycles. The third-order valence-electron chi connectivity index (χ3n) is 4.40. The van der Waals surface area contributed by atoms with Gasteiger partial charge in [0.2, 0.25) is 5.91 Å². The number of nitrogens with zero attached hydrogens (tertiary/aromatic N) is 1. The van der Waals surface area contributed by atoms with Gasteiger partial charge in [0.1, 0.15) is 0 Å². The van der Waals surface area contributed by atoms with Crippen molar-refractivity contribution in [3.8, 4) is 0 Å². The van der Waals surface area contributed by atoms with Crippen molar-refractivity contribution >= 4 is 22.9 Å². The van der Waals surface area contributed by atoms with Crippen molar-refractivity contribution in [1.82, 2.24) is 10.3 Å². The van der Waals surface area contributed by atoms with Crippen LogP contribution in [0.4, 0.5) is 4.79 Å². The van der Waals surface area contributed by atoms with E-state index < -0.39 is 0 Å². The number of amides is 2. The van der Waals surface area contributed by atoms with Crippen LogP contribution in [0.5, 0.6) is 0 Å². The molecule has 1 saturated heterocycles. The van der Waals surface area contributed by atoms with Crippen molar-refractivity contribution < 1.29 is 9.59 Å². The van der Waals surface area contributed by atoms with E-state index in [4.69, 9.17) is 0 Å². The van der Waals surface area contributed by atoms with Crippen LogP contribution in [0.2, 0.25) is 0 Å². The van der Waals surface area contributed by atoms with Crippen LogP contribution in [0, 0.1) is 0 Å². The second kappa shape index (κ2) is 8.30. The molecule has 25 heavy (non-hydrogen) atoms. The van der Waals surface area contributed by atoms with Crippen molar-refractivity contribution in [2.75, 3.05) is 0 Å². The largest absolute Gasteiger partial charge is 0.286 e. The fourth-order valence-corrected chi connectivity index (χ4v) is 3.73. The van der Waals surface area contributed by atoms with Crippen LogP contribution in [0.3, 0.4) is 0 Å². The second-order valence-corrected chi connectivity index (χ2v) is 7.44. The van der Waals surface area contributed by atoms with E-state index in [1.165, 1.54) is 11.1 Å². The van der Waals surface area contributed by atoms with E-state index in [-0.39, 0.29) is 16.4 Å². The highest BCUT2D eigenvalue weighted by molar-refractivity contribution is 8.15. The van der Waals surface area contributed by atoms with E-state index in [0.29, 0.717) is 6.42 Å². The summed E-state index contributed by atoms with van der Waals surface area (Å²) >= 11 is 1.08. The molecule has 1 aliphatic heterocycles. The van der Waals surface area contributed by atoms with Gasteiger partial charge in [-0.2, -0.15) is 0 Å². The highest BCUT2D eigenvalue weighted by Crippen LogP contribution is 2.23. The molecule has 2 aromatic rings. The lowest BCUT2D eigenvalue weighted by Crippen LogP contribution is -2.25. The molecule has 1 N–H and O–H groups in total. The number of carbonyl (C=O) groups excluding carboxylic acids is 2. The number of carbonyl (C=O) groups is 2. The monoisotopic (exact) mass is 354 g/mol. The molecule has 0 spiro atoms. The Morgan fingerprint density at radius 3 is 2.32 bits per heavy atom. The van der Waals surface area contributed by atoms with Crippen molar-refractivity contribution in [1.29, 1.82) is 0 Å². The summed E-state index contributed by atoms with van der Waals surface area (Å²) < 4.78 is 0. The molecule has 2 amide bonds. The summed E-state index contributed by atoms with van der Waals surface area (Å²) in [6.07, 6.45) is 6.63. The molecule has 1 unspecified atom stereocenters. The van der Waals surface area contributed by atoms with E-state index >= 15 is 0 Å². The molecule has 0 aliphatic carbocycles. The zero-order valence-electron chi connectivity index (χ0n) is 14.3. The smallest absolute Gasteiger partial charge is 0.286 e. The maximum Gasteiger partial charge on any atom is 0.286 e. The first-order chi connectivity index (χ1) is 12.1. The van der Waals surface area contributed by atoms with Crippen molar-refractivity contribution in [3.63, 3.8) is 0 Å². The molecule has 4 nitrogen and oxygen atoms in total. The first kappa shape index (κ1) is 17.7. The molecule has 130 valence electrons. The van der Waals surface area contributed by atoms with Crippen LogP contribution in [0.15, 0.2) is 42.6 Å². The summed E-state index contributed by atoms with van der Waals surface area (Å²) in [5.74, 6) is -0.180. The Morgan fingerprint density at radius 2 is 1.72 bits per heavy atom. The third-order valence-corrected chi connectivity index (χ3v) is 5.39. The molecule has 1 atom stereocenters. The standard InChI is InChI=1S/C20H22N2O2S/c1-2-14-10-11-17(21-13-14)5-3-4-15-6-8-16(9-7-15)12-18-19(23)22-20(24)25-18/h6-11,13,18H,2-5,12H2,1H3,(H,22,23,24). The van der Waals surface area contributed by atoms with Crippen molar-refractivity contribution in [2.24, 2.45) is 0 Å². The van der Waals surface area contributed by atoms with Crippen LogP contribution in [0.25, 0.3) is 0 Å². The summed E-state index contributed by atoms with van der Waals surface area (Å²) in [4.78, 5) is 27.3. The highest BCUT2D eigenvalue weighted by Gasteiger charge is 2.31. The molecule has 1 fully saturated rings. The topological polar surface area (TPSA) is 59.1 Å². The summed E-state index contributed by atoms with van der Waals surface area (Å²) in [5.41, 5.74) is 4.79. The number of thioether (sulfide) groups is 1. The van der Waals surface area contributed by atoms with Gasteiger partial charge in [-0.3, -0.25) is 19.9 Å². The number of aryl methyl sites for hydroxylation is 3. The normalized spacial score (nSPS) is 16.9. The molecule has 0 saturated carbocycles. The lowest BCUT2D eigenvalue weighted by molar-refractivity contribution is -0.118. The SMILES string of the molecule is CCc1ccc(CCCc2ccc(CC3SC(=O)NC3=O)cc2)nc1. The summed E-state index contributed by atoms with van der Waals surface area (Å²) in [6.45, 7) is 2.13. The van der Waals surface area contributed by atoms with Gasteiger partial charge in [0, 0.05) is 11.9 Å². The predicted molar refractivity (Wildman–Crippen MR) is 101 cm³/mol. The Balaban J connectivity index is 1.47. The average Bonchev–Trinajstić information content (AvgIpc) is 2.94. The fourth-order valence-electron chi connectivity index (χ4n) is 2.87. The average molecular weight is 354 g/mol. The van der Waals surface area contributed by atoms with Gasteiger partial charge >= 0.3 is 0 Å². The van der Waals surface area contributed by atoms with Crippen LogP contribution < -0.4 is 5.32 Å². The van der Waals surface area contributed by atoms with Gasteiger partial charge in [-0.1, -0.05) is 49.0 Å². The van der Waals surface area contributed by atoms with Gasteiger partial charge in [-0.05, 0) is 54.9 Å². The summed E-state index contributed by atoms with van der Waals surface area (Å²) in [7, 11) is 0. The van der Waals surface area contributed by atoms with Gasteiger partial charge in [-0.25, -0.2) is 0 Å². The first-order valence-corrected chi connectivity index (χ1v) is 9.55. The van der Waals surface area contributed by atoms with Gasteiger partial charge < -0.3 is 0 Å². The Bertz CT molecular complexity index is 741. The zero-order chi connectivity index (χ0) is 17.6. The number of hydrogen-bond donors (Lipinski definition) is 1. The number of hydrogen-bond acceptors (Lipinski definition) is 4. The Labute approximate surface area is 152 Å². The van der Waals surface area contributed by atoms with Crippen molar-refractivity contribution in [2.45, 2.75) is 44.3 Å². The van der Waals surface area contributed by atoms with Crippen LogP contribution in [0.1, 0.15) is 35.7 Å². The number of rotatable bonds is 7. The van der Waals surface area contributed by atoms with Crippen LogP contribution >= 0.6 is 11.8 Å². The number of imide groups is 1. The minimum Gasteiger partial charge on any atom is -0.286 e. The van der Waals surface area contributed by atoms with Gasteiger partial charge in [0.05, 0.1) is 5.25 Å². The van der Waals surface area contributed by atoms with Gasteiger partial charge in [0.15, 0.2) is 0 Å². The molecule has 1 aromatic heterocycles. The minimum atomic E-state index is -0.296. The van der Waals surface area contributed by atoms with Gasteiger partial charge in [0.25, 0.3) is 5.24 Å². The van der Waals surface area contributed by atoms with E-state index in [9.17, 15) is 9.59 Å². The molecule has 1 aliphatic rings. The summed E-state index contributed by atoms with van der Waals surface area (Å²) in [5, 5.41) is 1.79. The quantitative estimate of drug-likeness (QED) is 0.823. The Morgan fingerprint density at radius 1 is 1.00 bits per heavy atom. The molecule has 0 radical (unpaired) electrons. The van der Waals surface area contributed by atoms with Crippen molar-refractivity contribution in [3.05, 3.63) is 65.0 Å². The number of pyridine rings is 1. The van der Waals surface area contributed by atoms with Crippen LogP contribution in [-0.2, 0) is 30.5 Å². The number of nitrogens with one attached hydrogen (secondary N) is 1. The van der Waals surface area contributed by atoms with E-state index in [1.807, 2.05) is 6.20 Å². The van der Waals surface area contributed by atoms with E-state index in [1.54, 1.807) is 0 Å². The Hall–Kier alpha value is -2.14. The van der Waals surface area contributed by atoms with E-state index in [2.05, 4.69) is 53.6 Å². The van der Waals surface area contributed by atoms with Crippen LogP contribution in [-0.4, -0.2) is 21.4 Å². The highest BCUT2D eigenvalue weighted by atomic mass is 32.2.